The zero-order valence-electron chi connectivity index (χ0n) is 9.48. The van der Waals surface area contributed by atoms with Gasteiger partial charge in [0.15, 0.2) is 0 Å². The predicted molar refractivity (Wildman–Crippen MR) is 57.7 cm³/mol. The quantitative estimate of drug-likeness (QED) is 0.470. The van der Waals surface area contributed by atoms with Gasteiger partial charge >= 0.3 is 0 Å². The fourth-order valence-corrected chi connectivity index (χ4v) is 1.67. The molecular weight excluding hydrogens is 194 g/mol. The van der Waals surface area contributed by atoms with Crippen molar-refractivity contribution < 1.29 is 14.3 Å². The molecule has 0 bridgehead atoms. The summed E-state index contributed by atoms with van der Waals surface area (Å²) in [5, 5.41) is 0. The number of hydrogen-bond acceptors (Lipinski definition) is 3. The summed E-state index contributed by atoms with van der Waals surface area (Å²) >= 11 is 0. The average molecular weight is 215 g/mol. The van der Waals surface area contributed by atoms with E-state index in [2.05, 4.69) is 6.92 Å². The van der Waals surface area contributed by atoms with Gasteiger partial charge in [0.25, 0.3) is 0 Å². The summed E-state index contributed by atoms with van der Waals surface area (Å²) in [6, 6.07) is 0. The lowest BCUT2D eigenvalue weighted by atomic mass is 10.1. The lowest BCUT2D eigenvalue weighted by Gasteiger charge is -2.29. The number of ether oxygens (including phenoxy) is 2. The SMILES string of the molecule is CCCOCCOC1CCN(C=O)CC1. The number of nitrogens with zero attached hydrogens (tertiary/aromatic N) is 1. The Morgan fingerprint density at radius 1 is 1.27 bits per heavy atom. The van der Waals surface area contributed by atoms with Crippen molar-refractivity contribution in [1.82, 2.24) is 4.90 Å². The van der Waals surface area contributed by atoms with Crippen molar-refractivity contribution >= 4 is 6.41 Å². The smallest absolute Gasteiger partial charge is 0.209 e. The lowest BCUT2D eigenvalue weighted by Crippen LogP contribution is -2.36. The first-order valence-electron chi connectivity index (χ1n) is 5.75. The Balaban J connectivity index is 1.96. The monoisotopic (exact) mass is 215 g/mol. The van der Waals surface area contributed by atoms with E-state index in [0.29, 0.717) is 19.3 Å². The third-order valence-corrected chi connectivity index (χ3v) is 2.56. The number of rotatable bonds is 7. The maximum absolute atomic E-state index is 10.5. The van der Waals surface area contributed by atoms with Crippen LogP contribution in [0.25, 0.3) is 0 Å². The summed E-state index contributed by atoms with van der Waals surface area (Å²) in [4.78, 5) is 12.3. The van der Waals surface area contributed by atoms with Crippen molar-refractivity contribution in [2.24, 2.45) is 0 Å². The van der Waals surface area contributed by atoms with Gasteiger partial charge in [-0.2, -0.15) is 0 Å². The first-order valence-corrected chi connectivity index (χ1v) is 5.75. The molecule has 0 spiro atoms. The molecule has 1 aliphatic rings. The molecule has 0 aliphatic carbocycles. The summed E-state index contributed by atoms with van der Waals surface area (Å²) in [6.07, 6.45) is 4.18. The van der Waals surface area contributed by atoms with Gasteiger partial charge in [0.1, 0.15) is 0 Å². The largest absolute Gasteiger partial charge is 0.379 e. The van der Waals surface area contributed by atoms with Crippen LogP contribution in [0.4, 0.5) is 0 Å². The van der Waals surface area contributed by atoms with Gasteiger partial charge in [-0.15, -0.1) is 0 Å². The number of carbonyl (C=O) groups excluding carboxylic acids is 1. The van der Waals surface area contributed by atoms with E-state index in [4.69, 9.17) is 9.47 Å². The standard InChI is InChI=1S/C11H21NO3/c1-2-7-14-8-9-15-11-3-5-12(10-13)6-4-11/h10-11H,2-9H2,1H3. The Kier molecular flexibility index (Phi) is 6.36. The molecule has 0 aromatic heterocycles. The molecule has 1 amide bonds. The van der Waals surface area contributed by atoms with Crippen LogP contribution in [-0.2, 0) is 14.3 Å². The molecule has 0 atom stereocenters. The molecule has 0 aromatic carbocycles. The predicted octanol–water partition coefficient (Wildman–Crippen LogP) is 1.05. The number of likely N-dealkylation sites (tertiary alicyclic amines) is 1. The zero-order chi connectivity index (χ0) is 10.9. The molecule has 4 heteroatoms. The van der Waals surface area contributed by atoms with Crippen LogP contribution in [0, 0.1) is 0 Å². The molecule has 0 N–H and O–H groups in total. The van der Waals surface area contributed by atoms with Crippen LogP contribution >= 0.6 is 0 Å². The highest BCUT2D eigenvalue weighted by Gasteiger charge is 2.17. The maximum atomic E-state index is 10.5. The fraction of sp³-hybridized carbons (Fsp3) is 0.909. The molecule has 15 heavy (non-hydrogen) atoms. The minimum Gasteiger partial charge on any atom is -0.379 e. The first-order chi connectivity index (χ1) is 7.36. The molecule has 0 saturated carbocycles. The summed E-state index contributed by atoms with van der Waals surface area (Å²) in [7, 11) is 0. The van der Waals surface area contributed by atoms with Crippen molar-refractivity contribution in [1.29, 1.82) is 0 Å². The maximum Gasteiger partial charge on any atom is 0.209 e. The van der Waals surface area contributed by atoms with Gasteiger partial charge in [-0.3, -0.25) is 4.79 Å². The van der Waals surface area contributed by atoms with Gasteiger partial charge in [-0.05, 0) is 19.3 Å². The van der Waals surface area contributed by atoms with Crippen LogP contribution < -0.4 is 0 Å². The third kappa shape index (κ3) is 5.14. The third-order valence-electron chi connectivity index (χ3n) is 2.56. The van der Waals surface area contributed by atoms with E-state index in [9.17, 15) is 4.79 Å². The Morgan fingerprint density at radius 3 is 2.60 bits per heavy atom. The van der Waals surface area contributed by atoms with Crippen LogP contribution in [0.1, 0.15) is 26.2 Å². The van der Waals surface area contributed by atoms with Gasteiger partial charge in [-0.25, -0.2) is 0 Å². The van der Waals surface area contributed by atoms with Crippen LogP contribution in [0.3, 0.4) is 0 Å². The summed E-state index contributed by atoms with van der Waals surface area (Å²) in [5.74, 6) is 0. The van der Waals surface area contributed by atoms with E-state index in [0.717, 1.165) is 45.4 Å². The highest BCUT2D eigenvalue weighted by molar-refractivity contribution is 5.47. The van der Waals surface area contributed by atoms with Crippen molar-refractivity contribution in [3.63, 3.8) is 0 Å². The Bertz CT molecular complexity index is 167. The molecule has 0 radical (unpaired) electrons. The molecular formula is C11H21NO3. The second-order valence-corrected chi connectivity index (χ2v) is 3.82. The van der Waals surface area contributed by atoms with Crippen LogP contribution in [0.5, 0.6) is 0 Å². The van der Waals surface area contributed by atoms with Crippen LogP contribution in [0.2, 0.25) is 0 Å². The minimum atomic E-state index is 0.312. The molecule has 1 rings (SSSR count). The number of amides is 1. The van der Waals surface area contributed by atoms with E-state index in [1.165, 1.54) is 0 Å². The molecule has 88 valence electrons. The Labute approximate surface area is 91.5 Å². The average Bonchev–Trinajstić information content (AvgIpc) is 2.30. The second kappa shape index (κ2) is 7.65. The molecule has 1 aliphatic heterocycles. The number of piperidine rings is 1. The Morgan fingerprint density at radius 2 is 2.00 bits per heavy atom. The molecule has 4 nitrogen and oxygen atoms in total. The van der Waals surface area contributed by atoms with Crippen molar-refractivity contribution in [2.45, 2.75) is 32.3 Å². The molecule has 0 aromatic rings. The van der Waals surface area contributed by atoms with E-state index in [1.54, 1.807) is 4.90 Å². The highest BCUT2D eigenvalue weighted by atomic mass is 16.5. The zero-order valence-corrected chi connectivity index (χ0v) is 9.48. The van der Waals surface area contributed by atoms with Gasteiger partial charge in [-0.1, -0.05) is 6.92 Å². The van der Waals surface area contributed by atoms with E-state index < -0.39 is 0 Å². The van der Waals surface area contributed by atoms with E-state index in [-0.39, 0.29) is 0 Å². The topological polar surface area (TPSA) is 38.8 Å². The Hall–Kier alpha value is -0.610. The number of carbonyl (C=O) groups is 1. The first kappa shape index (κ1) is 12.5. The van der Waals surface area contributed by atoms with E-state index in [1.807, 2.05) is 0 Å². The molecule has 0 unspecified atom stereocenters. The normalized spacial score (nSPS) is 18.1. The fourth-order valence-electron chi connectivity index (χ4n) is 1.67. The summed E-state index contributed by atoms with van der Waals surface area (Å²) < 4.78 is 11.0. The summed E-state index contributed by atoms with van der Waals surface area (Å²) in [5.41, 5.74) is 0. The van der Waals surface area contributed by atoms with Gasteiger partial charge in [0, 0.05) is 19.7 Å². The van der Waals surface area contributed by atoms with Crippen molar-refractivity contribution in [3.8, 4) is 0 Å². The minimum absolute atomic E-state index is 0.312. The lowest BCUT2D eigenvalue weighted by molar-refractivity contribution is -0.120. The highest BCUT2D eigenvalue weighted by Crippen LogP contribution is 2.11. The van der Waals surface area contributed by atoms with Gasteiger partial charge in [0.05, 0.1) is 19.3 Å². The molecule has 1 saturated heterocycles. The number of hydrogen-bond donors (Lipinski definition) is 0. The molecule has 1 fully saturated rings. The van der Waals surface area contributed by atoms with Crippen LogP contribution in [0.15, 0.2) is 0 Å². The van der Waals surface area contributed by atoms with Gasteiger partial charge in [0.2, 0.25) is 6.41 Å². The summed E-state index contributed by atoms with van der Waals surface area (Å²) in [6.45, 7) is 5.91. The second-order valence-electron chi connectivity index (χ2n) is 3.82. The van der Waals surface area contributed by atoms with Crippen LogP contribution in [-0.4, -0.2) is 50.3 Å². The van der Waals surface area contributed by atoms with Gasteiger partial charge < -0.3 is 14.4 Å². The van der Waals surface area contributed by atoms with E-state index >= 15 is 0 Å². The van der Waals surface area contributed by atoms with Crippen molar-refractivity contribution in [2.75, 3.05) is 32.9 Å². The molecule has 1 heterocycles. The van der Waals surface area contributed by atoms with Crippen molar-refractivity contribution in [3.05, 3.63) is 0 Å².